The summed E-state index contributed by atoms with van der Waals surface area (Å²) in [4.78, 5) is 81.8. The molecule has 308 valence electrons. The standard InChI is InChI=1S/C42H44N12O6/c1-59-41(57)51-33(25-11-5-3-6-12-25)39(55)53-17-9-15-31(53)35-47-23-29(49-35)27-19-43-37(44-20-27)38-45-21-28(22-46-38)30-24-48-36(50-30)32-16-10-18-54(32)40(56)34(52-42(58)60-2)26-13-7-4-8-14-26/h3-8,11-14,19-24,31-35,47,49H,9-10,15-18H2,1-2H3,(H,48,50)(H,51,57)(H,52,58)/t31-,32-,33+,34+,35?/m0/s1. The fraction of sp³-hybridized carbons (Fsp3) is 0.310. The van der Waals surface area contributed by atoms with E-state index in [2.05, 4.69) is 51.2 Å². The average molecular weight is 813 g/mol. The molecule has 2 aromatic carbocycles. The van der Waals surface area contributed by atoms with Gasteiger partial charge in [-0.15, -0.1) is 0 Å². The Bertz CT molecular complexity index is 2340. The highest BCUT2D eigenvalue weighted by molar-refractivity contribution is 5.88. The number of rotatable bonds is 11. The lowest BCUT2D eigenvalue weighted by Crippen LogP contribution is -2.54. The number of nitrogens with one attached hydrogen (secondary N) is 5. The first kappa shape index (κ1) is 39.5. The van der Waals surface area contributed by atoms with Crippen LogP contribution in [0.25, 0.3) is 28.6 Å². The number of imidazole rings is 1. The third-order valence-electron chi connectivity index (χ3n) is 10.9. The summed E-state index contributed by atoms with van der Waals surface area (Å²) >= 11 is 0. The molecule has 1 unspecified atom stereocenters. The van der Waals surface area contributed by atoms with E-state index < -0.39 is 24.3 Å². The lowest BCUT2D eigenvalue weighted by atomic mass is 10.0. The Balaban J connectivity index is 0.899. The van der Waals surface area contributed by atoms with Crippen LogP contribution in [0.15, 0.2) is 97.8 Å². The van der Waals surface area contributed by atoms with Crippen molar-refractivity contribution < 1.29 is 28.7 Å². The van der Waals surface area contributed by atoms with E-state index in [-0.39, 0.29) is 30.1 Å². The lowest BCUT2D eigenvalue weighted by molar-refractivity contribution is -0.135. The van der Waals surface area contributed by atoms with Crippen molar-refractivity contribution in [2.45, 2.75) is 56.0 Å². The monoisotopic (exact) mass is 812 g/mol. The number of aromatic amines is 1. The van der Waals surface area contributed by atoms with Crippen LogP contribution in [0.5, 0.6) is 0 Å². The van der Waals surface area contributed by atoms with Gasteiger partial charge < -0.3 is 45.5 Å². The van der Waals surface area contributed by atoms with Crippen molar-refractivity contribution in [1.29, 1.82) is 0 Å². The average Bonchev–Trinajstić information content (AvgIpc) is 4.15. The van der Waals surface area contributed by atoms with Gasteiger partial charge in [-0.3, -0.25) is 9.59 Å². The van der Waals surface area contributed by atoms with E-state index in [0.717, 1.165) is 30.5 Å². The first-order chi connectivity index (χ1) is 29.3. The second-order valence-electron chi connectivity index (χ2n) is 14.5. The van der Waals surface area contributed by atoms with Crippen LogP contribution >= 0.6 is 0 Å². The third-order valence-corrected chi connectivity index (χ3v) is 10.9. The Morgan fingerprint density at radius 3 is 1.80 bits per heavy atom. The van der Waals surface area contributed by atoms with Gasteiger partial charge in [0, 0.05) is 55.2 Å². The number of aromatic nitrogens is 6. The topological polar surface area (TPSA) is 222 Å². The fourth-order valence-electron chi connectivity index (χ4n) is 7.89. The summed E-state index contributed by atoms with van der Waals surface area (Å²) in [5.74, 6) is 0.826. The van der Waals surface area contributed by atoms with E-state index in [4.69, 9.17) is 9.47 Å². The summed E-state index contributed by atoms with van der Waals surface area (Å²) in [6.07, 6.45) is 11.6. The Hall–Kier alpha value is -7.37. The van der Waals surface area contributed by atoms with Gasteiger partial charge in [0.05, 0.1) is 43.9 Å². The largest absolute Gasteiger partial charge is 0.453 e. The molecule has 5 aromatic rings. The smallest absolute Gasteiger partial charge is 0.407 e. The summed E-state index contributed by atoms with van der Waals surface area (Å²) in [6.45, 7) is 1.07. The number of benzene rings is 2. The minimum atomic E-state index is -0.913. The molecule has 60 heavy (non-hydrogen) atoms. The molecule has 2 saturated heterocycles. The molecule has 3 aliphatic heterocycles. The van der Waals surface area contributed by atoms with E-state index in [9.17, 15) is 19.2 Å². The summed E-state index contributed by atoms with van der Waals surface area (Å²) in [7, 11) is 2.53. The molecular weight excluding hydrogens is 769 g/mol. The van der Waals surface area contributed by atoms with E-state index >= 15 is 0 Å². The number of carbonyl (C=O) groups excluding carboxylic acids is 4. The molecule has 5 N–H and O–H groups in total. The number of methoxy groups -OCH3 is 2. The molecule has 0 spiro atoms. The minimum Gasteiger partial charge on any atom is -0.453 e. The van der Waals surface area contributed by atoms with E-state index in [0.29, 0.717) is 59.4 Å². The maximum absolute atomic E-state index is 13.9. The van der Waals surface area contributed by atoms with Crippen LogP contribution in [-0.4, -0.2) is 103 Å². The molecule has 5 atom stereocenters. The molecule has 18 nitrogen and oxygen atoms in total. The number of alkyl carbamates (subject to hydrolysis) is 2. The number of amides is 4. The zero-order valence-corrected chi connectivity index (χ0v) is 32.9. The van der Waals surface area contributed by atoms with Gasteiger partial charge in [0.1, 0.15) is 24.1 Å². The Kier molecular flexibility index (Phi) is 11.6. The second-order valence-corrected chi connectivity index (χ2v) is 14.5. The number of hydrogen-bond donors (Lipinski definition) is 5. The van der Waals surface area contributed by atoms with Crippen molar-refractivity contribution >= 4 is 29.7 Å². The number of carbonyl (C=O) groups is 4. The molecule has 0 bridgehead atoms. The van der Waals surface area contributed by atoms with E-state index in [1.165, 1.54) is 14.2 Å². The predicted octanol–water partition coefficient (Wildman–Crippen LogP) is 3.99. The van der Waals surface area contributed by atoms with Crippen molar-refractivity contribution in [3.63, 3.8) is 0 Å². The van der Waals surface area contributed by atoms with Crippen molar-refractivity contribution in [3.05, 3.63) is 120 Å². The van der Waals surface area contributed by atoms with Gasteiger partial charge in [-0.2, -0.15) is 0 Å². The second kappa shape index (κ2) is 17.6. The molecule has 0 aliphatic carbocycles. The number of nitrogens with zero attached hydrogens (tertiary/aromatic N) is 7. The number of H-pyrrole nitrogens is 1. The number of hydrogen-bond acceptors (Lipinski definition) is 13. The Morgan fingerprint density at radius 2 is 1.22 bits per heavy atom. The van der Waals surface area contributed by atoms with Crippen LogP contribution in [0.1, 0.15) is 66.3 Å². The molecule has 3 aromatic heterocycles. The molecule has 0 saturated carbocycles. The van der Waals surface area contributed by atoms with Gasteiger partial charge >= 0.3 is 12.2 Å². The van der Waals surface area contributed by atoms with Crippen molar-refractivity contribution in [2.24, 2.45) is 0 Å². The van der Waals surface area contributed by atoms with Crippen molar-refractivity contribution in [2.75, 3.05) is 27.3 Å². The van der Waals surface area contributed by atoms with Crippen LogP contribution in [0, 0.1) is 0 Å². The van der Waals surface area contributed by atoms with Gasteiger partial charge in [-0.1, -0.05) is 60.7 Å². The van der Waals surface area contributed by atoms with Gasteiger partial charge in [0.25, 0.3) is 5.91 Å². The highest BCUT2D eigenvalue weighted by Crippen LogP contribution is 2.34. The van der Waals surface area contributed by atoms with E-state index in [1.54, 1.807) is 65.0 Å². The molecule has 2 fully saturated rings. The Labute approximate surface area is 345 Å². The first-order valence-corrected chi connectivity index (χ1v) is 19.6. The normalized spacial score (nSPS) is 19.4. The van der Waals surface area contributed by atoms with Crippen LogP contribution in [0.4, 0.5) is 9.59 Å². The first-order valence-electron chi connectivity index (χ1n) is 19.6. The molecule has 6 heterocycles. The van der Waals surface area contributed by atoms with Crippen LogP contribution in [-0.2, 0) is 19.1 Å². The molecular formula is C42H44N12O6. The highest BCUT2D eigenvalue weighted by Gasteiger charge is 2.40. The van der Waals surface area contributed by atoms with Gasteiger partial charge in [0.2, 0.25) is 5.91 Å². The summed E-state index contributed by atoms with van der Waals surface area (Å²) in [5, 5.41) is 12.2. The summed E-state index contributed by atoms with van der Waals surface area (Å²) in [5.41, 5.74) is 4.19. The fourth-order valence-corrected chi connectivity index (χ4v) is 7.89. The Morgan fingerprint density at radius 1 is 0.683 bits per heavy atom. The number of likely N-dealkylation sites (tertiary alicyclic amines) is 2. The molecule has 4 amide bonds. The molecule has 0 radical (unpaired) electrons. The quantitative estimate of drug-likeness (QED) is 0.128. The summed E-state index contributed by atoms with van der Waals surface area (Å²) < 4.78 is 9.63. The van der Waals surface area contributed by atoms with Crippen LogP contribution < -0.4 is 21.3 Å². The maximum atomic E-state index is 13.9. The van der Waals surface area contributed by atoms with Crippen LogP contribution in [0.3, 0.4) is 0 Å². The van der Waals surface area contributed by atoms with Crippen LogP contribution in [0.2, 0.25) is 0 Å². The zero-order chi connectivity index (χ0) is 41.6. The molecule has 18 heteroatoms. The van der Waals surface area contributed by atoms with Crippen molar-refractivity contribution in [3.8, 4) is 22.9 Å². The van der Waals surface area contributed by atoms with Gasteiger partial charge in [0.15, 0.2) is 11.6 Å². The predicted molar refractivity (Wildman–Crippen MR) is 217 cm³/mol. The zero-order valence-electron chi connectivity index (χ0n) is 32.9. The van der Waals surface area contributed by atoms with Gasteiger partial charge in [-0.05, 0) is 36.8 Å². The lowest BCUT2D eigenvalue weighted by Gasteiger charge is -2.33. The summed E-state index contributed by atoms with van der Waals surface area (Å²) in [6, 6.07) is 15.9. The number of ether oxygens (including phenoxy) is 2. The maximum Gasteiger partial charge on any atom is 0.407 e. The highest BCUT2D eigenvalue weighted by atomic mass is 16.5. The van der Waals surface area contributed by atoms with Gasteiger partial charge in [-0.25, -0.2) is 34.5 Å². The van der Waals surface area contributed by atoms with E-state index in [1.807, 2.05) is 42.6 Å². The SMILES string of the molecule is COC(=O)N[C@@H](C(=O)N1CCC[C@H]1c1ncc(-c2cnc(-c3ncc(C4=CNC([C@@H]5CCCN5C(=O)[C@H](NC(=O)OC)c5ccccc5)N4)cn3)nc2)[nH]1)c1ccccc1. The molecule has 3 aliphatic rings. The minimum absolute atomic E-state index is 0.183. The molecule has 8 rings (SSSR count). The van der Waals surface area contributed by atoms with Crippen molar-refractivity contribution in [1.82, 2.24) is 61.0 Å². The third kappa shape index (κ3) is 8.29.